The Morgan fingerprint density at radius 2 is 1.43 bits per heavy atom. The Morgan fingerprint density at radius 3 is 2.03 bits per heavy atom. The lowest BCUT2D eigenvalue weighted by Gasteiger charge is -2.14. The van der Waals surface area contributed by atoms with Crippen molar-refractivity contribution in [3.05, 3.63) is 91.0 Å². The van der Waals surface area contributed by atoms with Gasteiger partial charge in [0.15, 0.2) is 6.10 Å². The summed E-state index contributed by atoms with van der Waals surface area (Å²) in [6.07, 6.45) is -0.322. The maximum Gasteiger partial charge on any atom is 0.352 e. The van der Waals surface area contributed by atoms with Crippen molar-refractivity contribution in [3.8, 4) is 34.3 Å². The van der Waals surface area contributed by atoms with E-state index in [0.717, 1.165) is 22.5 Å². The van der Waals surface area contributed by atoms with Crippen molar-refractivity contribution in [1.82, 2.24) is 9.97 Å². The van der Waals surface area contributed by atoms with E-state index < -0.39 is 12.1 Å². The molecular weight excluding hydrogens is 376 g/mol. The van der Waals surface area contributed by atoms with E-state index >= 15 is 0 Å². The Labute approximate surface area is 175 Å². The lowest BCUT2D eigenvalue weighted by atomic mass is 10.1. The molecule has 0 aliphatic rings. The van der Waals surface area contributed by atoms with Crippen molar-refractivity contribution in [2.24, 2.45) is 0 Å². The average Bonchev–Trinajstić information content (AvgIpc) is 3.23. The molecule has 4 rings (SSSR count). The van der Waals surface area contributed by atoms with Gasteiger partial charge >= 0.3 is 5.97 Å². The zero-order chi connectivity index (χ0) is 20.8. The van der Waals surface area contributed by atoms with Gasteiger partial charge in [-0.3, -0.25) is 0 Å². The summed E-state index contributed by atoms with van der Waals surface area (Å²) in [6.45, 7) is 1.87. The number of nitrogens with one attached hydrogen (secondary N) is 1. The molecule has 150 valence electrons. The van der Waals surface area contributed by atoms with Crippen molar-refractivity contribution in [3.63, 3.8) is 0 Å². The summed E-state index contributed by atoms with van der Waals surface area (Å²) < 4.78 is 11.4. The standard InChI is InChI=1S/C25H22N2O3/c1-2-21(24(28)29-20-16-10-5-11-17-20)30-25-26-22(18-12-6-3-7-13-18)23(27-25)19-14-8-4-9-15-19/h3-17,21H,2H2,1H3,(H,26,27). The van der Waals surface area contributed by atoms with Crippen LogP contribution in [0.1, 0.15) is 13.3 Å². The quantitative estimate of drug-likeness (QED) is 0.329. The molecule has 1 atom stereocenters. The second-order valence-electron chi connectivity index (χ2n) is 6.75. The Kier molecular flexibility index (Phi) is 5.90. The smallest absolute Gasteiger partial charge is 0.352 e. The molecule has 5 nitrogen and oxygen atoms in total. The highest BCUT2D eigenvalue weighted by atomic mass is 16.6. The Hall–Kier alpha value is -3.86. The molecule has 1 heterocycles. The zero-order valence-corrected chi connectivity index (χ0v) is 16.6. The molecule has 0 radical (unpaired) electrons. The third-order valence-corrected chi connectivity index (χ3v) is 4.64. The van der Waals surface area contributed by atoms with E-state index in [2.05, 4.69) is 9.97 Å². The maximum absolute atomic E-state index is 12.6. The first-order valence-electron chi connectivity index (χ1n) is 9.89. The first-order valence-corrected chi connectivity index (χ1v) is 9.89. The summed E-state index contributed by atoms with van der Waals surface area (Å²) in [4.78, 5) is 20.5. The predicted molar refractivity (Wildman–Crippen MR) is 116 cm³/mol. The van der Waals surface area contributed by atoms with E-state index in [1.165, 1.54) is 0 Å². The van der Waals surface area contributed by atoms with Crippen LogP contribution in [-0.2, 0) is 4.79 Å². The van der Waals surface area contributed by atoms with Gasteiger partial charge in [-0.1, -0.05) is 85.8 Å². The van der Waals surface area contributed by atoms with E-state index in [4.69, 9.17) is 9.47 Å². The molecule has 30 heavy (non-hydrogen) atoms. The number of para-hydroxylation sites is 1. The second-order valence-corrected chi connectivity index (χ2v) is 6.75. The van der Waals surface area contributed by atoms with Crippen molar-refractivity contribution in [1.29, 1.82) is 0 Å². The summed E-state index contributed by atoms with van der Waals surface area (Å²) in [5.74, 6) is 0.0292. The van der Waals surface area contributed by atoms with Crippen LogP contribution in [0, 0.1) is 0 Å². The Bertz CT molecular complexity index is 1040. The van der Waals surface area contributed by atoms with Crippen LogP contribution in [0.15, 0.2) is 91.0 Å². The summed E-state index contributed by atoms with van der Waals surface area (Å²) in [6, 6.07) is 29.0. The highest BCUT2D eigenvalue weighted by molar-refractivity contribution is 5.79. The van der Waals surface area contributed by atoms with Gasteiger partial charge in [-0.15, -0.1) is 0 Å². The Balaban J connectivity index is 1.62. The number of H-pyrrole nitrogens is 1. The SMILES string of the molecule is CCC(Oc1nc(-c2ccccc2)c(-c2ccccc2)[nH]1)C(=O)Oc1ccccc1. The minimum Gasteiger partial charge on any atom is -0.449 e. The van der Waals surface area contributed by atoms with Crippen LogP contribution in [0.4, 0.5) is 0 Å². The van der Waals surface area contributed by atoms with Gasteiger partial charge in [0.2, 0.25) is 0 Å². The fourth-order valence-electron chi connectivity index (χ4n) is 3.13. The van der Waals surface area contributed by atoms with E-state index in [1.54, 1.807) is 12.1 Å². The molecule has 0 fully saturated rings. The number of carbonyl (C=O) groups excluding carboxylic acids is 1. The van der Waals surface area contributed by atoms with Crippen molar-refractivity contribution in [2.75, 3.05) is 0 Å². The molecule has 1 N–H and O–H groups in total. The van der Waals surface area contributed by atoms with Crippen molar-refractivity contribution >= 4 is 5.97 Å². The molecule has 0 bridgehead atoms. The molecule has 0 saturated heterocycles. The predicted octanol–water partition coefficient (Wildman–Crippen LogP) is 5.51. The number of rotatable bonds is 7. The van der Waals surface area contributed by atoms with Gasteiger partial charge in [0.1, 0.15) is 11.4 Å². The monoisotopic (exact) mass is 398 g/mol. The first-order chi connectivity index (χ1) is 14.7. The average molecular weight is 398 g/mol. The number of nitrogens with zero attached hydrogens (tertiary/aromatic N) is 1. The van der Waals surface area contributed by atoms with Crippen LogP contribution in [0.5, 0.6) is 11.8 Å². The number of hydrogen-bond acceptors (Lipinski definition) is 4. The highest BCUT2D eigenvalue weighted by Crippen LogP contribution is 2.32. The summed E-state index contributed by atoms with van der Waals surface area (Å²) in [5.41, 5.74) is 3.55. The van der Waals surface area contributed by atoms with Gasteiger partial charge in [0.25, 0.3) is 6.01 Å². The van der Waals surface area contributed by atoms with Gasteiger partial charge in [-0.05, 0) is 18.6 Å². The van der Waals surface area contributed by atoms with Crippen LogP contribution in [0.3, 0.4) is 0 Å². The van der Waals surface area contributed by atoms with Gasteiger partial charge in [0, 0.05) is 11.1 Å². The molecule has 4 aromatic rings. The molecule has 1 unspecified atom stereocenters. The van der Waals surface area contributed by atoms with E-state index in [0.29, 0.717) is 12.2 Å². The largest absolute Gasteiger partial charge is 0.449 e. The molecule has 0 spiro atoms. The maximum atomic E-state index is 12.6. The summed E-state index contributed by atoms with van der Waals surface area (Å²) in [7, 11) is 0. The Morgan fingerprint density at radius 1 is 0.867 bits per heavy atom. The van der Waals surface area contributed by atoms with Crippen LogP contribution >= 0.6 is 0 Å². The van der Waals surface area contributed by atoms with Crippen LogP contribution in [0.2, 0.25) is 0 Å². The molecule has 0 amide bonds. The number of hydrogen-bond donors (Lipinski definition) is 1. The number of esters is 1. The topological polar surface area (TPSA) is 64.2 Å². The number of aromatic amines is 1. The van der Waals surface area contributed by atoms with E-state index in [-0.39, 0.29) is 6.01 Å². The number of carbonyl (C=O) groups is 1. The molecule has 0 saturated carbocycles. The van der Waals surface area contributed by atoms with Crippen molar-refractivity contribution < 1.29 is 14.3 Å². The molecule has 1 aromatic heterocycles. The van der Waals surface area contributed by atoms with E-state index in [9.17, 15) is 4.79 Å². The van der Waals surface area contributed by atoms with Crippen molar-refractivity contribution in [2.45, 2.75) is 19.4 Å². The normalized spacial score (nSPS) is 11.6. The molecular formula is C25H22N2O3. The minimum absolute atomic E-state index is 0.282. The lowest BCUT2D eigenvalue weighted by molar-refractivity contribution is -0.142. The van der Waals surface area contributed by atoms with Gasteiger partial charge in [-0.25, -0.2) is 4.79 Å². The number of ether oxygens (including phenoxy) is 2. The summed E-state index contributed by atoms with van der Waals surface area (Å²) in [5, 5.41) is 0. The fraction of sp³-hybridized carbons (Fsp3) is 0.120. The van der Waals surface area contributed by atoms with Crippen LogP contribution in [-0.4, -0.2) is 22.0 Å². The van der Waals surface area contributed by atoms with Gasteiger partial charge < -0.3 is 14.5 Å². The van der Waals surface area contributed by atoms with E-state index in [1.807, 2.05) is 85.8 Å². The lowest BCUT2D eigenvalue weighted by Crippen LogP contribution is -2.31. The second kappa shape index (κ2) is 9.09. The number of benzene rings is 3. The third kappa shape index (κ3) is 4.41. The zero-order valence-electron chi connectivity index (χ0n) is 16.6. The first kappa shape index (κ1) is 19.5. The molecule has 0 aliphatic carbocycles. The van der Waals surface area contributed by atoms with Crippen LogP contribution in [0.25, 0.3) is 22.5 Å². The number of aromatic nitrogens is 2. The third-order valence-electron chi connectivity index (χ3n) is 4.64. The van der Waals surface area contributed by atoms with Gasteiger partial charge in [-0.2, -0.15) is 4.98 Å². The molecule has 5 heteroatoms. The summed E-state index contributed by atoms with van der Waals surface area (Å²) >= 11 is 0. The highest BCUT2D eigenvalue weighted by Gasteiger charge is 2.24. The van der Waals surface area contributed by atoms with Crippen LogP contribution < -0.4 is 9.47 Å². The van der Waals surface area contributed by atoms with Gasteiger partial charge in [0.05, 0.1) is 5.69 Å². The fourth-order valence-corrected chi connectivity index (χ4v) is 3.13. The number of imidazole rings is 1. The molecule has 0 aliphatic heterocycles. The minimum atomic E-state index is -0.774. The molecule has 3 aromatic carbocycles.